The van der Waals surface area contributed by atoms with E-state index in [1.54, 1.807) is 33.8 Å². The normalized spacial score (nSPS) is 16.1. The van der Waals surface area contributed by atoms with E-state index in [2.05, 4.69) is 10.3 Å². The van der Waals surface area contributed by atoms with Gasteiger partial charge in [0.1, 0.15) is 11.1 Å². The molecule has 3 rings (SSSR count). The van der Waals surface area contributed by atoms with Crippen LogP contribution in [0.1, 0.15) is 44.7 Å². The minimum atomic E-state index is -0.577. The van der Waals surface area contributed by atoms with Crippen molar-refractivity contribution in [2.75, 3.05) is 13.2 Å². The lowest BCUT2D eigenvalue weighted by Crippen LogP contribution is -2.33. The number of ether oxygens (including phenoxy) is 2. The zero-order chi connectivity index (χ0) is 20.5. The van der Waals surface area contributed by atoms with E-state index in [0.29, 0.717) is 42.8 Å². The van der Waals surface area contributed by atoms with Gasteiger partial charge in [0.05, 0.1) is 12.5 Å². The van der Waals surface area contributed by atoms with E-state index in [1.807, 2.05) is 0 Å². The van der Waals surface area contributed by atoms with Crippen molar-refractivity contribution in [1.29, 1.82) is 0 Å². The summed E-state index contributed by atoms with van der Waals surface area (Å²) < 4.78 is 30.6. The first-order valence-electron chi connectivity index (χ1n) is 9.41. The van der Waals surface area contributed by atoms with E-state index < -0.39 is 17.5 Å². The van der Waals surface area contributed by atoms with Crippen molar-refractivity contribution in [3.8, 4) is 0 Å². The van der Waals surface area contributed by atoms with Gasteiger partial charge in [-0.25, -0.2) is 14.2 Å². The number of fused-ring (bicyclic) bond motifs is 2. The highest BCUT2D eigenvalue weighted by Crippen LogP contribution is 2.34. The summed E-state index contributed by atoms with van der Waals surface area (Å²) >= 11 is 0. The number of carbonyl (C=O) groups excluding carboxylic acids is 2. The summed E-state index contributed by atoms with van der Waals surface area (Å²) in [7, 11) is 0. The number of benzene rings is 1. The molecule has 1 N–H and O–H groups in total. The Hall–Kier alpha value is -2.64. The first kappa shape index (κ1) is 20.1. The molecule has 0 saturated heterocycles. The Morgan fingerprint density at radius 2 is 2.11 bits per heavy atom. The zero-order valence-electron chi connectivity index (χ0n) is 16.6. The van der Waals surface area contributed by atoms with Crippen LogP contribution in [0.2, 0.25) is 0 Å². The van der Waals surface area contributed by atoms with Gasteiger partial charge in [-0.1, -0.05) is 0 Å². The van der Waals surface area contributed by atoms with Crippen LogP contribution >= 0.6 is 0 Å². The van der Waals surface area contributed by atoms with Gasteiger partial charge in [0.15, 0.2) is 17.3 Å². The van der Waals surface area contributed by atoms with Crippen molar-refractivity contribution in [3.05, 3.63) is 28.9 Å². The summed E-state index contributed by atoms with van der Waals surface area (Å²) in [6.45, 7) is 7.65. The molecule has 0 radical (unpaired) electrons. The first-order chi connectivity index (χ1) is 13.2. The van der Waals surface area contributed by atoms with Gasteiger partial charge < -0.3 is 19.2 Å². The molecule has 1 aliphatic rings. The molecule has 152 valence electrons. The molecule has 0 spiro atoms. The van der Waals surface area contributed by atoms with Crippen LogP contribution in [0.25, 0.3) is 11.1 Å². The molecule has 1 aromatic heterocycles. The third kappa shape index (κ3) is 4.43. The Bertz CT molecular complexity index is 900. The number of alkyl carbamates (subject to hydrolysis) is 1. The van der Waals surface area contributed by atoms with E-state index in [1.165, 1.54) is 0 Å². The second-order valence-corrected chi connectivity index (χ2v) is 7.82. The monoisotopic (exact) mass is 392 g/mol. The highest BCUT2D eigenvalue weighted by atomic mass is 19.1. The Kier molecular flexibility index (Phi) is 5.58. The molecular weight excluding hydrogens is 367 g/mol. The fraction of sp³-hybridized carbons (Fsp3) is 0.550. The molecule has 0 bridgehead atoms. The van der Waals surface area contributed by atoms with Crippen molar-refractivity contribution >= 4 is 23.2 Å². The average Bonchev–Trinajstić information content (AvgIpc) is 3.18. The van der Waals surface area contributed by atoms with Crippen molar-refractivity contribution in [1.82, 2.24) is 10.3 Å². The van der Waals surface area contributed by atoms with Crippen molar-refractivity contribution in [2.45, 2.75) is 52.6 Å². The fourth-order valence-electron chi connectivity index (χ4n) is 3.27. The molecule has 0 saturated carbocycles. The van der Waals surface area contributed by atoms with Crippen molar-refractivity contribution < 1.29 is 27.9 Å². The van der Waals surface area contributed by atoms with Crippen LogP contribution in [0.15, 0.2) is 10.5 Å². The molecule has 1 heterocycles. The van der Waals surface area contributed by atoms with Gasteiger partial charge >= 0.3 is 12.1 Å². The number of halogens is 1. The molecule has 1 aromatic carbocycles. The van der Waals surface area contributed by atoms with Gasteiger partial charge in [0, 0.05) is 13.0 Å². The third-order valence-electron chi connectivity index (χ3n) is 4.40. The van der Waals surface area contributed by atoms with E-state index in [4.69, 9.17) is 13.9 Å². The summed E-state index contributed by atoms with van der Waals surface area (Å²) in [4.78, 5) is 27.9. The molecule has 0 aliphatic heterocycles. The number of hydrogen-bond donors (Lipinski definition) is 1. The summed E-state index contributed by atoms with van der Waals surface area (Å²) in [5.74, 6) is -0.821. The highest BCUT2D eigenvalue weighted by Gasteiger charge is 2.32. The molecule has 8 heteroatoms. The number of rotatable bonds is 5. The van der Waals surface area contributed by atoms with E-state index in [9.17, 15) is 14.0 Å². The molecule has 1 unspecified atom stereocenters. The number of carbonyl (C=O) groups is 2. The van der Waals surface area contributed by atoms with Crippen molar-refractivity contribution in [2.24, 2.45) is 5.92 Å². The number of oxazole rings is 1. The molecule has 1 aliphatic carbocycles. The maximum Gasteiger partial charge on any atom is 0.407 e. The highest BCUT2D eigenvalue weighted by molar-refractivity contribution is 5.79. The second kappa shape index (κ2) is 7.77. The summed E-state index contributed by atoms with van der Waals surface area (Å²) in [5, 5.41) is 2.62. The van der Waals surface area contributed by atoms with Crippen LogP contribution in [0.3, 0.4) is 0 Å². The summed E-state index contributed by atoms with van der Waals surface area (Å²) in [6, 6.07) is 1.77. The fourth-order valence-corrected chi connectivity index (χ4v) is 3.27. The van der Waals surface area contributed by atoms with Crippen molar-refractivity contribution in [3.63, 3.8) is 0 Å². The number of nitrogens with zero attached hydrogens (tertiary/aromatic N) is 1. The number of esters is 1. The maximum atomic E-state index is 14.9. The Balaban J connectivity index is 1.67. The number of nitrogens with one attached hydrogen (secondary N) is 1. The van der Waals surface area contributed by atoms with Gasteiger partial charge in [-0.3, -0.25) is 4.79 Å². The average molecular weight is 392 g/mol. The van der Waals surface area contributed by atoms with E-state index >= 15 is 0 Å². The Morgan fingerprint density at radius 3 is 2.79 bits per heavy atom. The van der Waals surface area contributed by atoms with Crippen LogP contribution in [0.5, 0.6) is 0 Å². The molecule has 7 nitrogen and oxygen atoms in total. The molecule has 2 aromatic rings. The molecular formula is C20H25FN2O5. The zero-order valence-corrected chi connectivity index (χ0v) is 16.6. The van der Waals surface area contributed by atoms with Gasteiger partial charge in [-0.05, 0) is 57.7 Å². The van der Waals surface area contributed by atoms with Gasteiger partial charge in [0.25, 0.3) is 0 Å². The quantitative estimate of drug-likeness (QED) is 0.785. The SMILES string of the molecule is CCOC(=O)C1Cc2cc3nc(CCNC(=O)OC(C)(C)C)oc3c(F)c2C1. The molecule has 1 amide bonds. The molecule has 1 atom stereocenters. The lowest BCUT2D eigenvalue weighted by molar-refractivity contribution is -0.147. The number of amides is 1. The van der Waals surface area contributed by atoms with E-state index in [0.717, 1.165) is 5.56 Å². The summed E-state index contributed by atoms with van der Waals surface area (Å²) in [5.41, 5.74) is 1.16. The summed E-state index contributed by atoms with van der Waals surface area (Å²) in [6.07, 6.45) is 0.512. The van der Waals surface area contributed by atoms with E-state index in [-0.39, 0.29) is 24.0 Å². The predicted octanol–water partition coefficient (Wildman–Crippen LogP) is 3.31. The Labute approximate surface area is 162 Å². The molecule has 0 fully saturated rings. The van der Waals surface area contributed by atoms with Gasteiger partial charge in [-0.2, -0.15) is 0 Å². The van der Waals surface area contributed by atoms with Crippen LogP contribution in [0, 0.1) is 11.7 Å². The minimum Gasteiger partial charge on any atom is -0.466 e. The van der Waals surface area contributed by atoms with Gasteiger partial charge in [-0.15, -0.1) is 0 Å². The smallest absolute Gasteiger partial charge is 0.407 e. The van der Waals surface area contributed by atoms with Gasteiger partial charge in [0.2, 0.25) is 0 Å². The predicted molar refractivity (Wildman–Crippen MR) is 99.4 cm³/mol. The lowest BCUT2D eigenvalue weighted by Gasteiger charge is -2.19. The van der Waals surface area contributed by atoms with Crippen LogP contribution in [-0.2, 0) is 33.5 Å². The standard InChI is InChI=1S/C20H25FN2O5/c1-5-26-18(24)12-8-11-10-14-17(16(21)13(11)9-12)27-15(23-14)6-7-22-19(25)28-20(2,3)4/h10,12H,5-9H2,1-4H3,(H,22,25). The Morgan fingerprint density at radius 1 is 1.36 bits per heavy atom. The van der Waals surface area contributed by atoms with Crippen LogP contribution < -0.4 is 5.32 Å². The third-order valence-corrected chi connectivity index (χ3v) is 4.40. The second-order valence-electron chi connectivity index (χ2n) is 7.82. The topological polar surface area (TPSA) is 90.7 Å². The number of hydrogen-bond acceptors (Lipinski definition) is 6. The number of aromatic nitrogens is 1. The molecule has 28 heavy (non-hydrogen) atoms. The maximum absolute atomic E-state index is 14.9. The van der Waals surface area contributed by atoms with Crippen LogP contribution in [0.4, 0.5) is 9.18 Å². The largest absolute Gasteiger partial charge is 0.466 e. The van der Waals surface area contributed by atoms with Crippen LogP contribution in [-0.4, -0.2) is 35.8 Å². The first-order valence-corrected chi connectivity index (χ1v) is 9.41. The lowest BCUT2D eigenvalue weighted by atomic mass is 10.1. The minimum absolute atomic E-state index is 0.0792.